The first-order valence-electron chi connectivity index (χ1n) is 7.50. The zero-order valence-corrected chi connectivity index (χ0v) is 12.9. The first-order valence-corrected chi connectivity index (χ1v) is 7.50. The van der Waals surface area contributed by atoms with Gasteiger partial charge < -0.3 is 15.7 Å². The molecule has 0 aromatic heterocycles. The number of hydrogen-bond donors (Lipinski definition) is 2. The molecular formula is C15H28N2O3. The van der Waals surface area contributed by atoms with Crippen molar-refractivity contribution < 1.29 is 14.7 Å². The molecule has 0 unspecified atom stereocenters. The van der Waals surface area contributed by atoms with Gasteiger partial charge in [-0.05, 0) is 39.5 Å². The van der Waals surface area contributed by atoms with Crippen molar-refractivity contribution in [2.75, 3.05) is 13.1 Å². The summed E-state index contributed by atoms with van der Waals surface area (Å²) in [7, 11) is 0. The Balaban J connectivity index is 2.52. The van der Waals surface area contributed by atoms with Gasteiger partial charge in [0.15, 0.2) is 0 Å². The molecule has 0 radical (unpaired) electrons. The lowest BCUT2D eigenvalue weighted by molar-refractivity contribution is -0.155. The second kappa shape index (κ2) is 6.57. The Labute approximate surface area is 121 Å². The first-order chi connectivity index (χ1) is 9.20. The van der Waals surface area contributed by atoms with E-state index in [2.05, 4.69) is 0 Å². The number of carboxylic acids is 1. The number of hydrogen-bond acceptors (Lipinski definition) is 3. The Morgan fingerprint density at radius 2 is 1.85 bits per heavy atom. The largest absolute Gasteiger partial charge is 0.481 e. The van der Waals surface area contributed by atoms with E-state index in [1.54, 1.807) is 4.90 Å². The molecule has 1 amide bonds. The lowest BCUT2D eigenvalue weighted by atomic mass is 9.75. The molecule has 5 heteroatoms. The molecule has 0 aromatic carbocycles. The lowest BCUT2D eigenvalue weighted by Crippen LogP contribution is -2.47. The SMILES string of the molecule is CCCC1(C(=O)O)CCN(C(=O)CCC(C)(C)N)CC1. The molecule has 0 bridgehead atoms. The average molecular weight is 284 g/mol. The van der Waals surface area contributed by atoms with Crippen LogP contribution in [0.1, 0.15) is 59.3 Å². The van der Waals surface area contributed by atoms with Gasteiger partial charge >= 0.3 is 5.97 Å². The van der Waals surface area contributed by atoms with Gasteiger partial charge in [-0.1, -0.05) is 13.3 Å². The predicted octanol–water partition coefficient (Wildman–Crippen LogP) is 2.00. The van der Waals surface area contributed by atoms with Crippen molar-refractivity contribution in [1.29, 1.82) is 0 Å². The van der Waals surface area contributed by atoms with Gasteiger partial charge in [-0.15, -0.1) is 0 Å². The fraction of sp³-hybridized carbons (Fsp3) is 0.867. The van der Waals surface area contributed by atoms with Crippen molar-refractivity contribution in [3.05, 3.63) is 0 Å². The van der Waals surface area contributed by atoms with Crippen molar-refractivity contribution >= 4 is 11.9 Å². The summed E-state index contributed by atoms with van der Waals surface area (Å²) in [5.74, 6) is -0.617. The van der Waals surface area contributed by atoms with Crippen LogP contribution in [-0.4, -0.2) is 40.5 Å². The topological polar surface area (TPSA) is 83.6 Å². The van der Waals surface area contributed by atoms with E-state index in [1.165, 1.54) is 0 Å². The average Bonchev–Trinajstić information content (AvgIpc) is 2.36. The third-order valence-electron chi connectivity index (χ3n) is 4.24. The van der Waals surface area contributed by atoms with E-state index in [0.29, 0.717) is 45.2 Å². The van der Waals surface area contributed by atoms with Crippen LogP contribution in [0.5, 0.6) is 0 Å². The van der Waals surface area contributed by atoms with Crippen LogP contribution in [0.25, 0.3) is 0 Å². The van der Waals surface area contributed by atoms with Crippen LogP contribution in [0.2, 0.25) is 0 Å². The summed E-state index contributed by atoms with van der Waals surface area (Å²) in [5.41, 5.74) is 4.93. The minimum atomic E-state index is -0.713. The van der Waals surface area contributed by atoms with Gasteiger partial charge in [0.2, 0.25) is 5.91 Å². The van der Waals surface area contributed by atoms with E-state index in [4.69, 9.17) is 5.73 Å². The number of piperidine rings is 1. The number of nitrogens with zero attached hydrogens (tertiary/aromatic N) is 1. The van der Waals surface area contributed by atoms with Gasteiger partial charge in [-0.3, -0.25) is 9.59 Å². The highest BCUT2D eigenvalue weighted by Gasteiger charge is 2.41. The highest BCUT2D eigenvalue weighted by Crippen LogP contribution is 2.36. The lowest BCUT2D eigenvalue weighted by Gasteiger charge is -2.39. The van der Waals surface area contributed by atoms with Gasteiger partial charge in [-0.25, -0.2) is 0 Å². The van der Waals surface area contributed by atoms with Crippen molar-refractivity contribution in [2.45, 2.75) is 64.8 Å². The molecule has 20 heavy (non-hydrogen) atoms. The Hall–Kier alpha value is -1.10. The summed E-state index contributed by atoms with van der Waals surface area (Å²) in [6, 6.07) is 0. The van der Waals surface area contributed by atoms with Gasteiger partial charge in [-0.2, -0.15) is 0 Å². The maximum atomic E-state index is 12.1. The van der Waals surface area contributed by atoms with Crippen molar-refractivity contribution in [3.8, 4) is 0 Å². The van der Waals surface area contributed by atoms with E-state index < -0.39 is 11.4 Å². The molecule has 116 valence electrons. The molecule has 0 spiro atoms. The summed E-state index contributed by atoms with van der Waals surface area (Å²) in [6.45, 7) is 6.93. The van der Waals surface area contributed by atoms with E-state index in [1.807, 2.05) is 20.8 Å². The zero-order chi connectivity index (χ0) is 15.4. The highest BCUT2D eigenvalue weighted by molar-refractivity contribution is 5.78. The van der Waals surface area contributed by atoms with Crippen LogP contribution in [0, 0.1) is 5.41 Å². The van der Waals surface area contributed by atoms with Gasteiger partial charge in [0.25, 0.3) is 0 Å². The smallest absolute Gasteiger partial charge is 0.309 e. The fourth-order valence-electron chi connectivity index (χ4n) is 2.82. The molecule has 1 saturated heterocycles. The number of amides is 1. The summed E-state index contributed by atoms with van der Waals surface area (Å²) >= 11 is 0. The second-order valence-corrected chi connectivity index (χ2v) is 6.70. The molecule has 1 fully saturated rings. The fourth-order valence-corrected chi connectivity index (χ4v) is 2.82. The zero-order valence-electron chi connectivity index (χ0n) is 12.9. The number of nitrogens with two attached hydrogens (primary N) is 1. The van der Waals surface area contributed by atoms with E-state index >= 15 is 0 Å². The van der Waals surface area contributed by atoms with Crippen LogP contribution in [0.15, 0.2) is 0 Å². The number of carbonyl (C=O) groups is 2. The second-order valence-electron chi connectivity index (χ2n) is 6.70. The standard InChI is InChI=1S/C15H28N2O3/c1-4-6-15(13(19)20)8-10-17(11-9-15)12(18)5-7-14(2,3)16/h4-11,16H2,1-3H3,(H,19,20). The molecule has 0 atom stereocenters. The Morgan fingerprint density at radius 1 is 1.30 bits per heavy atom. The summed E-state index contributed by atoms with van der Waals surface area (Å²) in [6.07, 6.45) is 3.78. The van der Waals surface area contributed by atoms with Crippen molar-refractivity contribution in [2.24, 2.45) is 11.1 Å². The molecular weight excluding hydrogens is 256 g/mol. The Bertz CT molecular complexity index is 353. The van der Waals surface area contributed by atoms with Gasteiger partial charge in [0, 0.05) is 25.0 Å². The van der Waals surface area contributed by atoms with Crippen molar-refractivity contribution in [1.82, 2.24) is 4.90 Å². The molecule has 3 N–H and O–H groups in total. The normalized spacial score (nSPS) is 18.9. The molecule has 0 aromatic rings. The summed E-state index contributed by atoms with van der Waals surface area (Å²) < 4.78 is 0. The third kappa shape index (κ3) is 4.47. The molecule has 0 saturated carbocycles. The third-order valence-corrected chi connectivity index (χ3v) is 4.24. The molecule has 1 aliphatic rings. The quantitative estimate of drug-likeness (QED) is 0.781. The minimum absolute atomic E-state index is 0.0963. The maximum absolute atomic E-state index is 12.1. The number of rotatable bonds is 6. The van der Waals surface area contributed by atoms with Gasteiger partial charge in [0.1, 0.15) is 0 Å². The van der Waals surface area contributed by atoms with Crippen LogP contribution >= 0.6 is 0 Å². The molecule has 1 aliphatic heterocycles. The number of aliphatic carboxylic acids is 1. The first kappa shape index (κ1) is 17.0. The number of likely N-dealkylation sites (tertiary alicyclic amines) is 1. The van der Waals surface area contributed by atoms with E-state index in [-0.39, 0.29) is 11.4 Å². The number of carboxylic acid groups (broad SMARTS) is 1. The molecule has 0 aliphatic carbocycles. The molecule has 1 rings (SSSR count). The molecule has 1 heterocycles. The van der Waals surface area contributed by atoms with Crippen LogP contribution in [0.4, 0.5) is 0 Å². The number of carbonyl (C=O) groups excluding carboxylic acids is 1. The highest BCUT2D eigenvalue weighted by atomic mass is 16.4. The van der Waals surface area contributed by atoms with E-state index in [9.17, 15) is 14.7 Å². The Morgan fingerprint density at radius 3 is 2.25 bits per heavy atom. The van der Waals surface area contributed by atoms with Crippen molar-refractivity contribution in [3.63, 3.8) is 0 Å². The van der Waals surface area contributed by atoms with Gasteiger partial charge in [0.05, 0.1) is 5.41 Å². The van der Waals surface area contributed by atoms with Crippen LogP contribution in [-0.2, 0) is 9.59 Å². The maximum Gasteiger partial charge on any atom is 0.309 e. The molecule has 5 nitrogen and oxygen atoms in total. The van der Waals surface area contributed by atoms with Crippen LogP contribution in [0.3, 0.4) is 0 Å². The predicted molar refractivity (Wildman–Crippen MR) is 78.3 cm³/mol. The Kier molecular flexibility index (Phi) is 5.57. The summed E-state index contributed by atoms with van der Waals surface area (Å²) in [5, 5.41) is 9.43. The monoisotopic (exact) mass is 284 g/mol. The van der Waals surface area contributed by atoms with E-state index in [0.717, 1.165) is 6.42 Å². The van der Waals surface area contributed by atoms with Crippen LogP contribution < -0.4 is 5.73 Å². The minimum Gasteiger partial charge on any atom is -0.481 e. The summed E-state index contributed by atoms with van der Waals surface area (Å²) in [4.78, 5) is 25.4.